The van der Waals surface area contributed by atoms with Gasteiger partial charge in [0.05, 0.1) is 6.61 Å². The molecule has 0 aliphatic carbocycles. The van der Waals surface area contributed by atoms with E-state index in [1.54, 1.807) is 0 Å². The smallest absolute Gasteiger partial charge is 0.756 e. The van der Waals surface area contributed by atoms with E-state index in [4.69, 9.17) is 9.63 Å². The van der Waals surface area contributed by atoms with Gasteiger partial charge in [-0.15, -0.1) is 0 Å². The fraction of sp³-hybridized carbons (Fsp3) is 0.941. The third-order valence-corrected chi connectivity index (χ3v) is 4.33. The second-order valence-electron chi connectivity index (χ2n) is 6.39. The van der Waals surface area contributed by atoms with Crippen molar-refractivity contribution in [2.75, 3.05) is 13.2 Å². The average Bonchev–Trinajstić information content (AvgIpc) is 2.55. The molecule has 0 aromatic carbocycles. The number of carbonyl (C=O) groups excluding carboxylic acids is 1. The van der Waals surface area contributed by atoms with Crippen molar-refractivity contribution in [1.29, 1.82) is 0 Å². The molecule has 0 saturated carbocycles. The maximum Gasteiger partial charge on any atom is 1.00 e. The van der Waals surface area contributed by atoms with Crippen LogP contribution in [0.2, 0.25) is 0 Å². The molecule has 0 saturated heterocycles. The van der Waals surface area contributed by atoms with Crippen molar-refractivity contribution >= 4 is 13.8 Å². The second kappa shape index (κ2) is 18.9. The normalized spacial score (nSPS) is 14.3. The number of phosphoric ester groups is 1. The summed E-state index contributed by atoms with van der Waals surface area (Å²) >= 11 is 0. The zero-order valence-corrected chi connectivity index (χ0v) is 19.3. The van der Waals surface area contributed by atoms with Gasteiger partial charge in [-0.1, -0.05) is 71.1 Å². The largest absolute Gasteiger partial charge is 1.00 e. The van der Waals surface area contributed by atoms with E-state index in [9.17, 15) is 19.4 Å². The van der Waals surface area contributed by atoms with Crippen molar-refractivity contribution < 1.29 is 63.1 Å². The third kappa shape index (κ3) is 22.6. The fourth-order valence-electron chi connectivity index (χ4n) is 2.42. The quantitative estimate of drug-likeness (QED) is 0.153. The van der Waals surface area contributed by atoms with Crippen molar-refractivity contribution in [3.05, 3.63) is 0 Å². The van der Waals surface area contributed by atoms with E-state index in [1.165, 1.54) is 51.4 Å². The maximum absolute atomic E-state index is 11.5. The first-order valence-electron chi connectivity index (χ1n) is 9.37. The minimum atomic E-state index is -4.86. The van der Waals surface area contributed by atoms with Crippen LogP contribution in [0.15, 0.2) is 0 Å². The molecular formula is C17H34NaO7P. The molecule has 1 unspecified atom stereocenters. The van der Waals surface area contributed by atoms with Gasteiger partial charge in [0.25, 0.3) is 7.82 Å². The third-order valence-electron chi connectivity index (χ3n) is 3.85. The molecular weight excluding hydrogens is 370 g/mol. The molecule has 0 amide bonds. The number of hydrogen-bond acceptors (Lipinski definition) is 6. The number of hydrogen-bond donors (Lipinski definition) is 2. The number of esters is 1. The van der Waals surface area contributed by atoms with E-state index in [2.05, 4.69) is 11.4 Å². The minimum absolute atomic E-state index is 0. The van der Waals surface area contributed by atoms with E-state index in [0.29, 0.717) is 0 Å². The van der Waals surface area contributed by atoms with E-state index in [0.717, 1.165) is 19.3 Å². The summed E-state index contributed by atoms with van der Waals surface area (Å²) in [5.41, 5.74) is 0. The number of aliphatic hydroxyl groups is 1. The molecule has 0 fully saturated rings. The molecule has 0 aliphatic heterocycles. The monoisotopic (exact) mass is 404 g/mol. The molecule has 0 bridgehead atoms. The molecule has 2 N–H and O–H groups in total. The Morgan fingerprint density at radius 2 is 1.42 bits per heavy atom. The van der Waals surface area contributed by atoms with Crippen LogP contribution in [0.5, 0.6) is 0 Å². The Balaban J connectivity index is 0. The minimum Gasteiger partial charge on any atom is -0.756 e. The Morgan fingerprint density at radius 3 is 1.88 bits per heavy atom. The van der Waals surface area contributed by atoms with Crippen LogP contribution in [-0.2, 0) is 18.6 Å². The zero-order valence-electron chi connectivity index (χ0n) is 16.4. The Kier molecular flexibility index (Phi) is 20.9. The number of rotatable bonds is 17. The van der Waals surface area contributed by atoms with E-state index in [1.807, 2.05) is 0 Å². The van der Waals surface area contributed by atoms with Crippen LogP contribution in [0.4, 0.5) is 0 Å². The summed E-state index contributed by atoms with van der Waals surface area (Å²) in [6.45, 7) is 1.23. The number of unbranched alkanes of at least 4 members (excludes halogenated alkanes) is 10. The number of phosphoric acid groups is 1. The molecule has 0 aliphatic rings. The molecule has 0 heterocycles. The predicted octanol–water partition coefficient (Wildman–Crippen LogP) is 0.0729. The van der Waals surface area contributed by atoms with Crippen molar-refractivity contribution in [3.8, 4) is 0 Å². The fourth-order valence-corrected chi connectivity index (χ4v) is 2.78. The van der Waals surface area contributed by atoms with Gasteiger partial charge >= 0.3 is 35.5 Å². The van der Waals surface area contributed by atoms with Crippen LogP contribution < -0.4 is 34.5 Å². The Morgan fingerprint density at radius 1 is 0.962 bits per heavy atom. The summed E-state index contributed by atoms with van der Waals surface area (Å²) in [4.78, 5) is 30.2. The van der Waals surface area contributed by atoms with Gasteiger partial charge in [-0.25, -0.2) is 0 Å². The van der Waals surface area contributed by atoms with E-state index < -0.39 is 26.5 Å². The first kappa shape index (κ1) is 28.7. The van der Waals surface area contributed by atoms with Gasteiger partial charge in [-0.3, -0.25) is 9.36 Å². The van der Waals surface area contributed by atoms with Gasteiger partial charge in [-0.2, -0.15) is 0 Å². The number of ether oxygens (including phenoxy) is 1. The molecule has 9 heteroatoms. The van der Waals surface area contributed by atoms with Crippen LogP contribution in [-0.4, -0.2) is 35.3 Å². The molecule has 0 radical (unpaired) electrons. The zero-order chi connectivity index (χ0) is 19.0. The van der Waals surface area contributed by atoms with Crippen molar-refractivity contribution in [1.82, 2.24) is 0 Å². The van der Waals surface area contributed by atoms with Crippen LogP contribution in [0.25, 0.3) is 0 Å². The molecule has 150 valence electrons. The molecule has 0 spiro atoms. The van der Waals surface area contributed by atoms with Gasteiger partial charge in [-0.05, 0) is 6.42 Å². The summed E-state index contributed by atoms with van der Waals surface area (Å²) < 4.78 is 19.2. The summed E-state index contributed by atoms with van der Waals surface area (Å²) in [5.74, 6) is -0.427. The van der Waals surface area contributed by atoms with Gasteiger partial charge in [0.1, 0.15) is 12.7 Å². The topological polar surface area (TPSA) is 116 Å². The number of carbonyl (C=O) groups is 1. The Labute approximate surface area is 179 Å². The maximum atomic E-state index is 11.5. The molecule has 2 atom stereocenters. The van der Waals surface area contributed by atoms with Crippen molar-refractivity contribution in [2.24, 2.45) is 0 Å². The Bertz CT molecular complexity index is 376. The molecule has 7 nitrogen and oxygen atoms in total. The van der Waals surface area contributed by atoms with E-state index in [-0.39, 0.29) is 42.6 Å². The first-order valence-corrected chi connectivity index (χ1v) is 10.9. The predicted molar refractivity (Wildman–Crippen MR) is 93.8 cm³/mol. The van der Waals surface area contributed by atoms with Crippen molar-refractivity contribution in [3.63, 3.8) is 0 Å². The summed E-state index contributed by atoms with van der Waals surface area (Å²) in [6, 6.07) is 0. The SMILES string of the molecule is CCCCCCCCCCCCCC(=O)OC[C@@H](O)COP(=O)([O-])O.[Na+]. The second-order valence-corrected chi connectivity index (χ2v) is 7.58. The van der Waals surface area contributed by atoms with Crippen LogP contribution in [0.3, 0.4) is 0 Å². The summed E-state index contributed by atoms with van der Waals surface area (Å²) in [7, 11) is -4.86. The summed E-state index contributed by atoms with van der Waals surface area (Å²) in [5, 5.41) is 9.35. The van der Waals surface area contributed by atoms with Gasteiger partial charge in [0.2, 0.25) is 0 Å². The number of aliphatic hydroxyl groups excluding tert-OH is 1. The standard InChI is InChI=1S/C17H35O7P.Na/c1-2-3-4-5-6-7-8-9-10-11-12-13-17(19)23-14-16(18)15-24-25(20,21)22;/h16,18H,2-15H2,1H3,(H2,20,21,22);/q;+1/p-1/t16-;/m1./s1. The van der Waals surface area contributed by atoms with Gasteiger partial charge in [0.15, 0.2) is 0 Å². The molecule has 26 heavy (non-hydrogen) atoms. The van der Waals surface area contributed by atoms with Gasteiger partial charge < -0.3 is 24.2 Å². The van der Waals surface area contributed by atoms with Gasteiger partial charge in [0, 0.05) is 6.42 Å². The van der Waals surface area contributed by atoms with Crippen LogP contribution >= 0.6 is 7.82 Å². The molecule has 0 rings (SSSR count). The first-order chi connectivity index (χ1) is 11.8. The summed E-state index contributed by atoms with van der Waals surface area (Å²) in [6.07, 6.45) is 12.2. The van der Waals surface area contributed by atoms with Crippen molar-refractivity contribution in [2.45, 2.75) is 90.1 Å². The molecule has 0 aromatic heterocycles. The average molecular weight is 404 g/mol. The van der Waals surface area contributed by atoms with Crippen LogP contribution in [0, 0.1) is 0 Å². The van der Waals surface area contributed by atoms with E-state index >= 15 is 0 Å². The Hall–Kier alpha value is 0.540. The van der Waals surface area contributed by atoms with Crippen LogP contribution in [0.1, 0.15) is 84.0 Å². The molecule has 0 aromatic rings.